The number of hydrogen-bond donors (Lipinski definition) is 0. The van der Waals surface area contributed by atoms with Crippen LogP contribution in [0.2, 0.25) is 44.4 Å². The first-order valence-corrected chi connectivity index (χ1v) is 12.0. The van der Waals surface area contributed by atoms with Crippen molar-refractivity contribution in [2.75, 3.05) is 0 Å². The van der Waals surface area contributed by atoms with Crippen molar-refractivity contribution in [3.05, 3.63) is 12.2 Å². The van der Waals surface area contributed by atoms with E-state index >= 15 is 0 Å². The molecule has 0 unspecified atom stereocenters. The predicted octanol–water partition coefficient (Wildman–Crippen LogP) is 4.15. The second kappa shape index (κ2) is 3.92. The van der Waals surface area contributed by atoms with E-state index in [1.54, 1.807) is 0 Å². The molecule has 0 spiro atoms. The Labute approximate surface area is 80.1 Å². The lowest BCUT2D eigenvalue weighted by Crippen LogP contribution is -2.42. The Bertz CT molecular complexity index is 144. The summed E-state index contributed by atoms with van der Waals surface area (Å²) in [5, 5.41) is 0.926. The van der Waals surface area contributed by atoms with Gasteiger partial charge in [0, 0.05) is 16.1 Å². The van der Waals surface area contributed by atoms with E-state index < -0.39 is 16.1 Å². The van der Waals surface area contributed by atoms with Gasteiger partial charge in [-0.2, -0.15) is 0 Å². The molecule has 0 aromatic carbocycles. The molecule has 0 aromatic heterocycles. The smallest absolute Gasteiger partial charge is 0.0485 e. The average molecular weight is 200 g/mol. The second-order valence-corrected chi connectivity index (χ2v) is 17.0. The van der Waals surface area contributed by atoms with Gasteiger partial charge in [0.25, 0.3) is 0 Å². The maximum Gasteiger partial charge on any atom is 0.0485 e. The third-order valence-corrected chi connectivity index (χ3v) is 11.6. The SMILES string of the molecule is C/C=C/C([Si](C)(C)C)[Si](C)(C)C. The number of hydrogen-bond acceptors (Lipinski definition) is 0. The quantitative estimate of drug-likeness (QED) is 0.474. The molecular formula is C10H24Si2. The predicted molar refractivity (Wildman–Crippen MR) is 65.3 cm³/mol. The zero-order valence-electron chi connectivity index (χ0n) is 9.73. The van der Waals surface area contributed by atoms with Crippen LogP contribution in [0.15, 0.2) is 12.2 Å². The summed E-state index contributed by atoms with van der Waals surface area (Å²) in [5.41, 5.74) is 0. The van der Waals surface area contributed by atoms with Gasteiger partial charge in [0.1, 0.15) is 0 Å². The van der Waals surface area contributed by atoms with Crippen molar-refractivity contribution in [2.45, 2.75) is 51.4 Å². The van der Waals surface area contributed by atoms with Gasteiger partial charge in [0.15, 0.2) is 0 Å². The highest BCUT2D eigenvalue weighted by Gasteiger charge is 2.34. The van der Waals surface area contributed by atoms with Crippen molar-refractivity contribution in [2.24, 2.45) is 0 Å². The van der Waals surface area contributed by atoms with E-state index in [9.17, 15) is 0 Å². The Hall–Kier alpha value is 0.174. The maximum absolute atomic E-state index is 2.48. The van der Waals surface area contributed by atoms with E-state index in [0.29, 0.717) is 0 Å². The minimum Gasteiger partial charge on any atom is -0.0920 e. The highest BCUT2D eigenvalue weighted by molar-refractivity contribution is 6.96. The average Bonchev–Trinajstić information content (AvgIpc) is 1.77. The zero-order valence-corrected chi connectivity index (χ0v) is 11.7. The lowest BCUT2D eigenvalue weighted by molar-refractivity contribution is 1.29. The van der Waals surface area contributed by atoms with Crippen molar-refractivity contribution in [1.29, 1.82) is 0 Å². The molecule has 0 amide bonds. The first-order chi connectivity index (χ1) is 5.19. The minimum atomic E-state index is -0.968. The molecule has 0 radical (unpaired) electrons. The lowest BCUT2D eigenvalue weighted by atomic mass is 10.6. The van der Waals surface area contributed by atoms with E-state index in [0.717, 1.165) is 5.16 Å². The molecule has 0 saturated heterocycles. The van der Waals surface area contributed by atoms with Crippen LogP contribution in [0, 0.1) is 0 Å². The molecular weight excluding hydrogens is 176 g/mol. The van der Waals surface area contributed by atoms with Crippen molar-refractivity contribution in [3.8, 4) is 0 Å². The fourth-order valence-electron chi connectivity index (χ4n) is 2.07. The first kappa shape index (κ1) is 12.2. The van der Waals surface area contributed by atoms with Crippen LogP contribution in [0.1, 0.15) is 6.92 Å². The monoisotopic (exact) mass is 200 g/mol. The molecule has 0 aromatic rings. The number of rotatable bonds is 3. The summed E-state index contributed by atoms with van der Waals surface area (Å²) in [4.78, 5) is 0. The van der Waals surface area contributed by atoms with Gasteiger partial charge in [0.2, 0.25) is 0 Å². The summed E-state index contributed by atoms with van der Waals surface area (Å²) in [6.45, 7) is 17.0. The summed E-state index contributed by atoms with van der Waals surface area (Å²) in [6.07, 6.45) is 4.69. The Morgan fingerprint density at radius 1 is 0.833 bits per heavy atom. The molecule has 0 aliphatic carbocycles. The van der Waals surface area contributed by atoms with E-state index in [-0.39, 0.29) is 0 Å². The molecule has 0 nitrogen and oxygen atoms in total. The van der Waals surface area contributed by atoms with Crippen LogP contribution in [0.5, 0.6) is 0 Å². The summed E-state index contributed by atoms with van der Waals surface area (Å²) >= 11 is 0. The molecule has 2 heteroatoms. The molecule has 0 aliphatic heterocycles. The Morgan fingerprint density at radius 2 is 1.17 bits per heavy atom. The van der Waals surface area contributed by atoms with Crippen LogP contribution >= 0.6 is 0 Å². The van der Waals surface area contributed by atoms with Crippen molar-refractivity contribution in [1.82, 2.24) is 0 Å². The van der Waals surface area contributed by atoms with Gasteiger partial charge >= 0.3 is 0 Å². The highest BCUT2D eigenvalue weighted by Crippen LogP contribution is 2.33. The van der Waals surface area contributed by atoms with Gasteiger partial charge in [-0.15, -0.1) is 0 Å². The Kier molecular flexibility index (Phi) is 3.98. The summed E-state index contributed by atoms with van der Waals surface area (Å²) in [5.74, 6) is 0. The topological polar surface area (TPSA) is 0 Å². The molecule has 0 heterocycles. The maximum atomic E-state index is 2.48. The van der Waals surface area contributed by atoms with Crippen LogP contribution in [0.3, 0.4) is 0 Å². The third-order valence-electron chi connectivity index (χ3n) is 2.25. The zero-order chi connectivity index (χ0) is 9.99. The highest BCUT2D eigenvalue weighted by atomic mass is 28.4. The van der Waals surface area contributed by atoms with Crippen LogP contribution in [0.25, 0.3) is 0 Å². The molecule has 0 N–H and O–H groups in total. The molecule has 0 rings (SSSR count). The standard InChI is InChI=1S/C10H24Si2/c1-8-9-10(11(2,3)4)12(5,6)7/h8-10H,1-7H3/b9-8+. The Balaban J connectivity index is 4.69. The van der Waals surface area contributed by atoms with Crippen LogP contribution in [-0.2, 0) is 0 Å². The molecule has 0 aliphatic rings. The van der Waals surface area contributed by atoms with Gasteiger partial charge in [-0.1, -0.05) is 51.4 Å². The summed E-state index contributed by atoms with van der Waals surface area (Å²) in [6, 6.07) is 0. The molecule has 0 bridgehead atoms. The van der Waals surface area contributed by atoms with Crippen LogP contribution in [-0.4, -0.2) is 16.1 Å². The second-order valence-electron chi connectivity index (χ2n) is 5.74. The van der Waals surface area contributed by atoms with Gasteiger partial charge < -0.3 is 0 Å². The lowest BCUT2D eigenvalue weighted by Gasteiger charge is -2.36. The van der Waals surface area contributed by atoms with E-state index in [1.807, 2.05) is 0 Å². The molecule has 0 saturated carbocycles. The van der Waals surface area contributed by atoms with Gasteiger partial charge in [-0.05, 0) is 12.1 Å². The van der Waals surface area contributed by atoms with E-state index in [2.05, 4.69) is 58.4 Å². The molecule has 0 fully saturated rings. The van der Waals surface area contributed by atoms with E-state index in [4.69, 9.17) is 0 Å². The molecule has 0 atom stereocenters. The van der Waals surface area contributed by atoms with Crippen molar-refractivity contribution in [3.63, 3.8) is 0 Å². The third kappa shape index (κ3) is 3.72. The molecule has 12 heavy (non-hydrogen) atoms. The van der Waals surface area contributed by atoms with Gasteiger partial charge in [0.05, 0.1) is 0 Å². The Morgan fingerprint density at radius 3 is 1.25 bits per heavy atom. The minimum absolute atomic E-state index is 0.926. The fourth-order valence-corrected chi connectivity index (χ4v) is 14.0. The number of allylic oxidation sites excluding steroid dienone is 2. The van der Waals surface area contributed by atoms with Gasteiger partial charge in [-0.3, -0.25) is 0 Å². The summed E-state index contributed by atoms with van der Waals surface area (Å²) < 4.78 is 0. The van der Waals surface area contributed by atoms with E-state index in [1.165, 1.54) is 0 Å². The van der Waals surface area contributed by atoms with Crippen molar-refractivity contribution >= 4 is 16.1 Å². The molecule has 72 valence electrons. The normalized spacial score (nSPS) is 14.7. The fraction of sp³-hybridized carbons (Fsp3) is 0.800. The van der Waals surface area contributed by atoms with Crippen LogP contribution < -0.4 is 0 Å². The largest absolute Gasteiger partial charge is 0.0920 e. The van der Waals surface area contributed by atoms with Crippen molar-refractivity contribution < 1.29 is 0 Å². The van der Waals surface area contributed by atoms with Crippen LogP contribution in [0.4, 0.5) is 0 Å². The van der Waals surface area contributed by atoms with Gasteiger partial charge in [-0.25, -0.2) is 0 Å². The summed E-state index contributed by atoms with van der Waals surface area (Å²) in [7, 11) is -1.94. The first-order valence-electron chi connectivity index (χ1n) is 4.82.